The molecule has 1 aliphatic rings. The molecule has 1 aromatic carbocycles. The number of rotatable bonds is 4. The minimum Gasteiger partial charge on any atom is -0.479 e. The first-order valence-corrected chi connectivity index (χ1v) is 8.09. The summed E-state index contributed by atoms with van der Waals surface area (Å²) in [5, 5.41) is 0.858. The van der Waals surface area contributed by atoms with Crippen LogP contribution in [0.4, 0.5) is 0 Å². The van der Waals surface area contributed by atoms with Gasteiger partial charge in [0.15, 0.2) is 6.10 Å². The summed E-state index contributed by atoms with van der Waals surface area (Å²) in [5.41, 5.74) is 2.15. The summed E-state index contributed by atoms with van der Waals surface area (Å²) in [6, 6.07) is 4.84. The zero-order valence-electron chi connectivity index (χ0n) is 12.7. The van der Waals surface area contributed by atoms with Gasteiger partial charge in [0.25, 0.3) is 5.91 Å². The van der Waals surface area contributed by atoms with Gasteiger partial charge in [-0.15, -0.1) is 0 Å². The first-order chi connectivity index (χ1) is 10.9. The lowest BCUT2D eigenvalue weighted by Crippen LogP contribution is -2.47. The van der Waals surface area contributed by atoms with Crippen molar-refractivity contribution in [2.24, 2.45) is 11.8 Å². The monoisotopic (exact) mass is 359 g/mol. The van der Waals surface area contributed by atoms with Crippen LogP contribution in [-0.4, -0.2) is 35.9 Å². The molecule has 0 spiro atoms. The third kappa shape index (κ3) is 4.50. The van der Waals surface area contributed by atoms with Crippen LogP contribution in [0.25, 0.3) is 0 Å². The van der Waals surface area contributed by atoms with Gasteiger partial charge in [0.05, 0.1) is 5.02 Å². The van der Waals surface area contributed by atoms with Crippen molar-refractivity contribution in [3.05, 3.63) is 28.2 Å². The molecule has 2 amide bonds. The van der Waals surface area contributed by atoms with E-state index in [1.54, 1.807) is 30.0 Å². The molecule has 1 fully saturated rings. The van der Waals surface area contributed by atoms with Crippen LogP contribution in [0.1, 0.15) is 19.8 Å². The van der Waals surface area contributed by atoms with Crippen LogP contribution >= 0.6 is 23.2 Å². The molecule has 1 atom stereocenters. The average molecular weight is 360 g/mol. The van der Waals surface area contributed by atoms with E-state index < -0.39 is 6.10 Å². The summed E-state index contributed by atoms with van der Waals surface area (Å²) < 4.78 is 5.63. The van der Waals surface area contributed by atoms with Crippen LogP contribution < -0.4 is 16.0 Å². The number of hydrogen-bond donors (Lipinski definition) is 2. The van der Waals surface area contributed by atoms with Gasteiger partial charge in [-0.25, -0.2) is 5.84 Å². The van der Waals surface area contributed by atoms with Crippen LogP contribution in [0.5, 0.6) is 5.75 Å². The van der Waals surface area contributed by atoms with Crippen molar-refractivity contribution in [2.75, 3.05) is 13.1 Å². The fourth-order valence-corrected chi connectivity index (χ4v) is 3.00. The van der Waals surface area contributed by atoms with Gasteiger partial charge in [-0.05, 0) is 38.0 Å². The van der Waals surface area contributed by atoms with Gasteiger partial charge in [-0.1, -0.05) is 23.2 Å². The molecule has 126 valence electrons. The van der Waals surface area contributed by atoms with Crippen molar-refractivity contribution < 1.29 is 14.3 Å². The summed E-state index contributed by atoms with van der Waals surface area (Å²) in [6.07, 6.45) is 0.500. The van der Waals surface area contributed by atoms with Gasteiger partial charge in [0.2, 0.25) is 5.91 Å². The van der Waals surface area contributed by atoms with Crippen LogP contribution in [0, 0.1) is 5.92 Å². The number of carbonyl (C=O) groups excluding carboxylic acids is 2. The Morgan fingerprint density at radius 1 is 1.35 bits per heavy atom. The molecular weight excluding hydrogens is 341 g/mol. The molecule has 1 aliphatic heterocycles. The molecule has 0 bridgehead atoms. The maximum Gasteiger partial charge on any atom is 0.263 e. The quantitative estimate of drug-likeness (QED) is 0.489. The number of nitrogens with one attached hydrogen (secondary N) is 1. The standard InChI is InChI=1S/C15H19Cl2N3O3/c1-9(23-13-3-2-11(16)8-12(13)17)15(22)20-6-4-10(5-7-20)14(21)19-18/h2-3,8-10H,4-7,18H2,1H3,(H,19,21). The number of amides is 2. The lowest BCUT2D eigenvalue weighted by molar-refractivity contribution is -0.141. The molecule has 3 N–H and O–H groups in total. The molecule has 1 saturated heterocycles. The molecule has 0 aliphatic carbocycles. The van der Waals surface area contributed by atoms with Crippen molar-refractivity contribution in [2.45, 2.75) is 25.9 Å². The second-order valence-electron chi connectivity index (χ2n) is 5.44. The summed E-state index contributed by atoms with van der Waals surface area (Å²) in [4.78, 5) is 25.6. The SMILES string of the molecule is CC(Oc1ccc(Cl)cc1Cl)C(=O)N1CCC(C(=O)NN)CC1. The third-order valence-corrected chi connectivity index (χ3v) is 4.40. The number of nitrogens with zero attached hydrogens (tertiary/aromatic N) is 1. The predicted molar refractivity (Wildman–Crippen MR) is 88.2 cm³/mol. The lowest BCUT2D eigenvalue weighted by Gasteiger charge is -2.32. The fraction of sp³-hybridized carbons (Fsp3) is 0.467. The number of piperidine rings is 1. The Morgan fingerprint density at radius 3 is 2.57 bits per heavy atom. The second-order valence-corrected chi connectivity index (χ2v) is 6.29. The molecule has 1 heterocycles. The summed E-state index contributed by atoms with van der Waals surface area (Å²) >= 11 is 11.9. The number of likely N-dealkylation sites (tertiary alicyclic amines) is 1. The second kappa shape index (κ2) is 7.86. The van der Waals surface area contributed by atoms with E-state index in [1.807, 2.05) is 0 Å². The lowest BCUT2D eigenvalue weighted by atomic mass is 9.96. The number of halogens is 2. The number of benzene rings is 1. The van der Waals surface area contributed by atoms with E-state index in [-0.39, 0.29) is 17.7 Å². The van der Waals surface area contributed by atoms with E-state index >= 15 is 0 Å². The van der Waals surface area contributed by atoms with E-state index in [4.69, 9.17) is 33.8 Å². The Kier molecular flexibility index (Phi) is 6.10. The molecule has 1 aromatic rings. The highest BCUT2D eigenvalue weighted by Gasteiger charge is 2.29. The van der Waals surface area contributed by atoms with Crippen molar-refractivity contribution in [1.82, 2.24) is 10.3 Å². The normalized spacial score (nSPS) is 16.8. The summed E-state index contributed by atoms with van der Waals surface area (Å²) in [5.74, 6) is 5.08. The van der Waals surface area contributed by atoms with Crippen LogP contribution in [0.3, 0.4) is 0 Å². The molecule has 0 aromatic heterocycles. The minimum atomic E-state index is -0.673. The predicted octanol–water partition coefficient (Wildman–Crippen LogP) is 1.99. The molecule has 0 saturated carbocycles. The molecule has 1 unspecified atom stereocenters. The molecule has 8 heteroatoms. The zero-order valence-corrected chi connectivity index (χ0v) is 14.2. The number of ether oxygens (including phenoxy) is 1. The highest BCUT2D eigenvalue weighted by molar-refractivity contribution is 6.35. The summed E-state index contributed by atoms with van der Waals surface area (Å²) in [7, 11) is 0. The van der Waals surface area contributed by atoms with Gasteiger partial charge < -0.3 is 9.64 Å². The van der Waals surface area contributed by atoms with Crippen molar-refractivity contribution in [1.29, 1.82) is 0 Å². The average Bonchev–Trinajstić information content (AvgIpc) is 2.56. The van der Waals surface area contributed by atoms with Crippen molar-refractivity contribution >= 4 is 35.0 Å². The maximum atomic E-state index is 12.4. The van der Waals surface area contributed by atoms with Gasteiger partial charge >= 0.3 is 0 Å². The number of carbonyl (C=O) groups is 2. The van der Waals surface area contributed by atoms with E-state index in [0.717, 1.165) is 0 Å². The maximum absolute atomic E-state index is 12.4. The van der Waals surface area contributed by atoms with Crippen LogP contribution in [0.2, 0.25) is 10.0 Å². The van der Waals surface area contributed by atoms with E-state index in [2.05, 4.69) is 5.43 Å². The third-order valence-electron chi connectivity index (χ3n) is 3.87. The van der Waals surface area contributed by atoms with E-state index in [9.17, 15) is 9.59 Å². The Morgan fingerprint density at radius 2 is 2.00 bits per heavy atom. The zero-order chi connectivity index (χ0) is 17.0. The molecule has 23 heavy (non-hydrogen) atoms. The van der Waals surface area contributed by atoms with Gasteiger partial charge in [-0.3, -0.25) is 15.0 Å². The first-order valence-electron chi connectivity index (χ1n) is 7.33. The number of hydrazine groups is 1. The Bertz CT molecular complexity index is 589. The van der Waals surface area contributed by atoms with Crippen LogP contribution in [-0.2, 0) is 9.59 Å². The van der Waals surface area contributed by atoms with Gasteiger partial charge in [-0.2, -0.15) is 0 Å². The molecule has 6 nitrogen and oxygen atoms in total. The van der Waals surface area contributed by atoms with Gasteiger partial charge in [0.1, 0.15) is 5.75 Å². The minimum absolute atomic E-state index is 0.136. The smallest absolute Gasteiger partial charge is 0.263 e. The Labute approximate surface area is 144 Å². The Hall–Kier alpha value is -1.50. The van der Waals surface area contributed by atoms with Crippen molar-refractivity contribution in [3.8, 4) is 5.75 Å². The summed E-state index contributed by atoms with van der Waals surface area (Å²) in [6.45, 7) is 2.67. The van der Waals surface area contributed by atoms with E-state index in [1.165, 1.54) is 0 Å². The Balaban J connectivity index is 1.92. The highest BCUT2D eigenvalue weighted by atomic mass is 35.5. The van der Waals surface area contributed by atoms with Crippen molar-refractivity contribution in [3.63, 3.8) is 0 Å². The largest absolute Gasteiger partial charge is 0.479 e. The van der Waals surface area contributed by atoms with Crippen LogP contribution in [0.15, 0.2) is 18.2 Å². The topological polar surface area (TPSA) is 84.7 Å². The van der Waals surface area contributed by atoms with E-state index in [0.29, 0.717) is 41.7 Å². The first kappa shape index (κ1) is 17.8. The highest BCUT2D eigenvalue weighted by Crippen LogP contribution is 2.28. The molecule has 0 radical (unpaired) electrons. The fourth-order valence-electron chi connectivity index (χ4n) is 2.55. The number of nitrogens with two attached hydrogens (primary N) is 1. The molecular formula is C15H19Cl2N3O3. The van der Waals surface area contributed by atoms with Gasteiger partial charge in [0, 0.05) is 24.0 Å². The molecule has 2 rings (SSSR count). The number of hydrogen-bond acceptors (Lipinski definition) is 4.